The van der Waals surface area contributed by atoms with E-state index in [1.165, 1.54) is 0 Å². The second-order valence-electron chi connectivity index (χ2n) is 4.42. The van der Waals surface area contributed by atoms with Crippen LogP contribution in [-0.2, 0) is 9.53 Å². The zero-order chi connectivity index (χ0) is 12.1. The van der Waals surface area contributed by atoms with E-state index >= 15 is 0 Å². The van der Waals surface area contributed by atoms with Crippen molar-refractivity contribution in [2.75, 3.05) is 19.6 Å². The normalized spacial score (nSPS) is 28.4. The van der Waals surface area contributed by atoms with Gasteiger partial charge < -0.3 is 10.1 Å². The molecular weight excluding hydrogens is 204 g/mol. The van der Waals surface area contributed by atoms with Crippen molar-refractivity contribution in [3.05, 3.63) is 12.7 Å². The van der Waals surface area contributed by atoms with Gasteiger partial charge in [-0.05, 0) is 20.8 Å². The first-order chi connectivity index (χ1) is 7.54. The highest BCUT2D eigenvalue weighted by molar-refractivity contribution is 5.81. The molecule has 1 rings (SSSR count). The molecular formula is C12H22N2O2. The summed E-state index contributed by atoms with van der Waals surface area (Å²) in [5, 5.41) is 2.82. The Hall–Kier alpha value is -0.870. The first-order valence-corrected chi connectivity index (χ1v) is 5.82. The molecule has 4 nitrogen and oxygen atoms in total. The van der Waals surface area contributed by atoms with Gasteiger partial charge in [0.2, 0.25) is 5.91 Å². The highest BCUT2D eigenvalue weighted by Gasteiger charge is 2.28. The van der Waals surface area contributed by atoms with E-state index in [0.29, 0.717) is 6.54 Å². The van der Waals surface area contributed by atoms with Crippen LogP contribution in [0.15, 0.2) is 12.7 Å². The maximum absolute atomic E-state index is 11.8. The Labute approximate surface area is 97.6 Å². The van der Waals surface area contributed by atoms with E-state index in [9.17, 15) is 4.79 Å². The number of carbonyl (C=O) groups is 1. The van der Waals surface area contributed by atoms with E-state index in [4.69, 9.17) is 4.74 Å². The van der Waals surface area contributed by atoms with Crippen LogP contribution in [0.2, 0.25) is 0 Å². The molecule has 0 aromatic rings. The summed E-state index contributed by atoms with van der Waals surface area (Å²) in [4.78, 5) is 13.9. The number of ether oxygens (including phenoxy) is 1. The van der Waals surface area contributed by atoms with Crippen molar-refractivity contribution in [2.45, 2.75) is 39.0 Å². The molecule has 1 N–H and O–H groups in total. The van der Waals surface area contributed by atoms with Crippen LogP contribution in [-0.4, -0.2) is 48.7 Å². The zero-order valence-corrected chi connectivity index (χ0v) is 10.4. The van der Waals surface area contributed by atoms with Crippen LogP contribution in [0.3, 0.4) is 0 Å². The van der Waals surface area contributed by atoms with Gasteiger partial charge in [0.1, 0.15) is 0 Å². The highest BCUT2D eigenvalue weighted by atomic mass is 16.5. The third kappa shape index (κ3) is 3.61. The quantitative estimate of drug-likeness (QED) is 0.721. The largest absolute Gasteiger partial charge is 0.373 e. The SMILES string of the molecule is C=CCNC(=O)[C@H](C)N1C[C@@H](C)O[C@H](C)C1. The number of hydrogen-bond donors (Lipinski definition) is 1. The van der Waals surface area contributed by atoms with Gasteiger partial charge >= 0.3 is 0 Å². The van der Waals surface area contributed by atoms with Gasteiger partial charge in [0.25, 0.3) is 0 Å². The molecule has 3 atom stereocenters. The van der Waals surface area contributed by atoms with E-state index in [2.05, 4.69) is 16.8 Å². The molecule has 92 valence electrons. The van der Waals surface area contributed by atoms with Crippen molar-refractivity contribution < 1.29 is 9.53 Å². The minimum absolute atomic E-state index is 0.0567. The lowest BCUT2D eigenvalue weighted by Gasteiger charge is -2.38. The molecule has 0 spiro atoms. The first kappa shape index (κ1) is 13.2. The summed E-state index contributed by atoms with van der Waals surface area (Å²) < 4.78 is 5.64. The van der Waals surface area contributed by atoms with Crippen molar-refractivity contribution in [3.8, 4) is 0 Å². The summed E-state index contributed by atoms with van der Waals surface area (Å²) in [6.07, 6.45) is 2.08. The molecule has 4 heteroatoms. The van der Waals surface area contributed by atoms with Gasteiger partial charge in [-0.15, -0.1) is 6.58 Å². The van der Waals surface area contributed by atoms with Gasteiger partial charge in [-0.1, -0.05) is 6.08 Å². The number of nitrogens with zero attached hydrogens (tertiary/aromatic N) is 1. The van der Waals surface area contributed by atoms with E-state index in [1.54, 1.807) is 6.08 Å². The lowest BCUT2D eigenvalue weighted by molar-refractivity contribution is -0.131. The topological polar surface area (TPSA) is 41.6 Å². The van der Waals surface area contributed by atoms with Gasteiger partial charge in [-0.3, -0.25) is 9.69 Å². The summed E-state index contributed by atoms with van der Waals surface area (Å²) >= 11 is 0. The second-order valence-corrected chi connectivity index (χ2v) is 4.42. The van der Waals surface area contributed by atoms with Crippen molar-refractivity contribution >= 4 is 5.91 Å². The van der Waals surface area contributed by atoms with Crippen LogP contribution in [0.1, 0.15) is 20.8 Å². The molecule has 1 heterocycles. The van der Waals surface area contributed by atoms with Crippen LogP contribution in [0.4, 0.5) is 0 Å². The van der Waals surface area contributed by atoms with Crippen LogP contribution >= 0.6 is 0 Å². The predicted molar refractivity (Wildman–Crippen MR) is 64.3 cm³/mol. The third-order valence-corrected chi connectivity index (χ3v) is 2.80. The Morgan fingerprint density at radius 3 is 2.62 bits per heavy atom. The van der Waals surface area contributed by atoms with Crippen molar-refractivity contribution in [1.82, 2.24) is 10.2 Å². The Balaban J connectivity index is 2.48. The lowest BCUT2D eigenvalue weighted by atomic mass is 10.1. The first-order valence-electron chi connectivity index (χ1n) is 5.82. The number of hydrogen-bond acceptors (Lipinski definition) is 3. The fraction of sp³-hybridized carbons (Fsp3) is 0.750. The Bertz CT molecular complexity index is 245. The molecule has 0 radical (unpaired) electrons. The van der Waals surface area contributed by atoms with E-state index in [-0.39, 0.29) is 24.2 Å². The van der Waals surface area contributed by atoms with Gasteiger partial charge in [0.05, 0.1) is 18.2 Å². The van der Waals surface area contributed by atoms with Crippen LogP contribution in [0, 0.1) is 0 Å². The Kier molecular flexibility index (Phi) is 4.96. The molecule has 0 aromatic carbocycles. The fourth-order valence-corrected chi connectivity index (χ4v) is 2.02. The molecule has 1 saturated heterocycles. The molecule has 1 fully saturated rings. The minimum Gasteiger partial charge on any atom is -0.373 e. The molecule has 0 saturated carbocycles. The third-order valence-electron chi connectivity index (χ3n) is 2.80. The van der Waals surface area contributed by atoms with E-state index < -0.39 is 0 Å². The predicted octanol–water partition coefficient (Wildman–Crippen LogP) is 0.786. The standard InChI is InChI=1S/C12H22N2O2/c1-5-6-13-12(15)11(4)14-7-9(2)16-10(3)8-14/h5,9-11H,1,6-8H2,2-4H3,(H,13,15)/t9-,10-,11+/m1/s1. The summed E-state index contributed by atoms with van der Waals surface area (Å²) in [6, 6.07) is -0.103. The number of morpholine rings is 1. The minimum atomic E-state index is -0.103. The maximum Gasteiger partial charge on any atom is 0.237 e. The van der Waals surface area contributed by atoms with Crippen molar-refractivity contribution in [1.29, 1.82) is 0 Å². The van der Waals surface area contributed by atoms with Gasteiger partial charge in [-0.2, -0.15) is 0 Å². The molecule has 1 aliphatic heterocycles. The number of nitrogens with one attached hydrogen (secondary N) is 1. The maximum atomic E-state index is 11.8. The van der Waals surface area contributed by atoms with Crippen LogP contribution < -0.4 is 5.32 Å². The lowest BCUT2D eigenvalue weighted by Crippen LogP contribution is -2.53. The second kappa shape index (κ2) is 6.01. The zero-order valence-electron chi connectivity index (χ0n) is 10.4. The molecule has 1 amide bonds. The van der Waals surface area contributed by atoms with E-state index in [0.717, 1.165) is 13.1 Å². The number of rotatable bonds is 4. The fourth-order valence-electron chi connectivity index (χ4n) is 2.02. The van der Waals surface area contributed by atoms with Crippen LogP contribution in [0.25, 0.3) is 0 Å². The van der Waals surface area contributed by atoms with E-state index in [1.807, 2.05) is 20.8 Å². The average Bonchev–Trinajstić information content (AvgIpc) is 2.23. The molecule has 16 heavy (non-hydrogen) atoms. The smallest absolute Gasteiger partial charge is 0.237 e. The molecule has 0 aliphatic carbocycles. The number of carbonyl (C=O) groups excluding carboxylic acids is 1. The monoisotopic (exact) mass is 226 g/mol. The molecule has 0 aromatic heterocycles. The number of amides is 1. The Morgan fingerprint density at radius 1 is 1.56 bits per heavy atom. The molecule has 0 unspecified atom stereocenters. The average molecular weight is 226 g/mol. The summed E-state index contributed by atoms with van der Waals surface area (Å²) in [6.45, 7) is 11.7. The molecule has 0 bridgehead atoms. The van der Waals surface area contributed by atoms with Crippen molar-refractivity contribution in [3.63, 3.8) is 0 Å². The van der Waals surface area contributed by atoms with Gasteiger partial charge in [-0.25, -0.2) is 0 Å². The highest BCUT2D eigenvalue weighted by Crippen LogP contribution is 2.13. The molecule has 1 aliphatic rings. The summed E-state index contributed by atoms with van der Waals surface area (Å²) in [5.41, 5.74) is 0. The van der Waals surface area contributed by atoms with Crippen molar-refractivity contribution in [2.24, 2.45) is 0 Å². The summed E-state index contributed by atoms with van der Waals surface area (Å²) in [5.74, 6) is 0.0567. The Morgan fingerprint density at radius 2 is 2.12 bits per heavy atom. The van der Waals surface area contributed by atoms with Gasteiger partial charge in [0, 0.05) is 19.6 Å². The van der Waals surface area contributed by atoms with Crippen LogP contribution in [0.5, 0.6) is 0 Å². The summed E-state index contributed by atoms with van der Waals surface area (Å²) in [7, 11) is 0. The van der Waals surface area contributed by atoms with Gasteiger partial charge in [0.15, 0.2) is 0 Å².